The zero-order valence-corrected chi connectivity index (χ0v) is 15.4. The maximum Gasteiger partial charge on any atom is 0.255 e. The molecule has 0 spiro atoms. The third kappa shape index (κ3) is 4.53. The van der Waals surface area contributed by atoms with Gasteiger partial charge in [-0.15, -0.1) is 6.58 Å². The van der Waals surface area contributed by atoms with Gasteiger partial charge in [0, 0.05) is 22.3 Å². The normalized spacial score (nSPS) is 11.1. The summed E-state index contributed by atoms with van der Waals surface area (Å²) in [5, 5.41) is 2.76. The minimum absolute atomic E-state index is 0.0315. The largest absolute Gasteiger partial charge is 0.322 e. The van der Waals surface area contributed by atoms with Crippen LogP contribution in [0.15, 0.2) is 64.5 Å². The fourth-order valence-corrected chi connectivity index (χ4v) is 3.27. The Morgan fingerprint density at radius 1 is 1.25 bits per heavy atom. The molecule has 2 N–H and O–H groups in total. The van der Waals surface area contributed by atoms with E-state index in [2.05, 4.69) is 32.5 Å². The summed E-state index contributed by atoms with van der Waals surface area (Å²) >= 11 is 3.40. The maximum atomic E-state index is 12.3. The van der Waals surface area contributed by atoms with Crippen LogP contribution in [0.4, 0.5) is 5.69 Å². The summed E-state index contributed by atoms with van der Waals surface area (Å²) in [6, 6.07) is 11.3. The summed E-state index contributed by atoms with van der Waals surface area (Å²) in [7, 11) is -3.67. The van der Waals surface area contributed by atoms with E-state index in [0.717, 1.165) is 10.0 Å². The number of rotatable bonds is 6. The molecule has 0 aromatic heterocycles. The van der Waals surface area contributed by atoms with Crippen LogP contribution >= 0.6 is 15.9 Å². The van der Waals surface area contributed by atoms with Gasteiger partial charge in [-0.25, -0.2) is 13.1 Å². The van der Waals surface area contributed by atoms with Crippen molar-refractivity contribution in [2.75, 3.05) is 11.9 Å². The number of amides is 1. The van der Waals surface area contributed by atoms with Crippen molar-refractivity contribution in [3.05, 3.63) is 70.7 Å². The summed E-state index contributed by atoms with van der Waals surface area (Å²) in [5.74, 6) is -0.377. The Morgan fingerprint density at radius 3 is 2.67 bits per heavy atom. The number of hydrogen-bond acceptors (Lipinski definition) is 3. The van der Waals surface area contributed by atoms with Crippen LogP contribution in [0.2, 0.25) is 0 Å². The van der Waals surface area contributed by atoms with Crippen molar-refractivity contribution in [2.24, 2.45) is 0 Å². The number of halogens is 1. The third-order valence-corrected chi connectivity index (χ3v) is 5.55. The van der Waals surface area contributed by atoms with Gasteiger partial charge in [0.1, 0.15) is 0 Å². The lowest BCUT2D eigenvalue weighted by atomic mass is 10.2. The van der Waals surface area contributed by atoms with Gasteiger partial charge in [-0.05, 0) is 48.9 Å². The van der Waals surface area contributed by atoms with Crippen LogP contribution in [0.5, 0.6) is 0 Å². The Hall–Kier alpha value is -1.96. The van der Waals surface area contributed by atoms with Crippen molar-refractivity contribution < 1.29 is 13.2 Å². The number of sulfonamides is 1. The molecule has 0 unspecified atom stereocenters. The molecule has 0 aliphatic carbocycles. The van der Waals surface area contributed by atoms with Crippen LogP contribution in [0, 0.1) is 6.92 Å². The van der Waals surface area contributed by atoms with Crippen molar-refractivity contribution in [1.29, 1.82) is 0 Å². The minimum atomic E-state index is -3.67. The molecule has 0 saturated heterocycles. The van der Waals surface area contributed by atoms with Gasteiger partial charge in [-0.2, -0.15) is 0 Å². The van der Waals surface area contributed by atoms with Crippen LogP contribution < -0.4 is 10.0 Å². The topological polar surface area (TPSA) is 75.3 Å². The summed E-state index contributed by atoms with van der Waals surface area (Å²) in [6.07, 6.45) is 1.45. The average molecular weight is 409 g/mol. The Kier molecular flexibility index (Phi) is 5.93. The lowest BCUT2D eigenvalue weighted by Crippen LogP contribution is -2.24. The number of hydrogen-bond donors (Lipinski definition) is 2. The van der Waals surface area contributed by atoms with Gasteiger partial charge in [0.15, 0.2) is 0 Å². The lowest BCUT2D eigenvalue weighted by molar-refractivity contribution is 0.102. The van der Waals surface area contributed by atoms with Crippen LogP contribution in [0.1, 0.15) is 15.9 Å². The van der Waals surface area contributed by atoms with Crippen molar-refractivity contribution in [3.8, 4) is 0 Å². The van der Waals surface area contributed by atoms with Gasteiger partial charge < -0.3 is 5.32 Å². The second kappa shape index (κ2) is 7.74. The van der Waals surface area contributed by atoms with Crippen LogP contribution in [-0.2, 0) is 10.0 Å². The number of carbonyl (C=O) groups is 1. The molecule has 0 heterocycles. The molecule has 126 valence electrons. The van der Waals surface area contributed by atoms with Crippen molar-refractivity contribution in [2.45, 2.75) is 11.8 Å². The standard InChI is InChI=1S/C17H17BrN2O3S/c1-3-9-19-24(22,23)15-6-4-5-13(11-15)17(21)20-14-7-8-16(18)12(2)10-14/h3-8,10-11,19H,1,9H2,2H3,(H,20,21). The molecule has 0 bridgehead atoms. The molecule has 2 aromatic carbocycles. The number of anilines is 1. The highest BCUT2D eigenvalue weighted by Crippen LogP contribution is 2.21. The van der Waals surface area contributed by atoms with Crippen molar-refractivity contribution in [1.82, 2.24) is 4.72 Å². The van der Waals surface area contributed by atoms with E-state index < -0.39 is 10.0 Å². The fraction of sp³-hybridized carbons (Fsp3) is 0.118. The summed E-state index contributed by atoms with van der Waals surface area (Å²) in [4.78, 5) is 12.4. The predicted molar refractivity (Wildman–Crippen MR) is 98.7 cm³/mol. The highest BCUT2D eigenvalue weighted by molar-refractivity contribution is 9.10. The van der Waals surface area contributed by atoms with E-state index in [1.54, 1.807) is 12.1 Å². The monoisotopic (exact) mass is 408 g/mol. The van der Waals surface area contributed by atoms with Gasteiger partial charge in [0.2, 0.25) is 10.0 Å². The van der Waals surface area contributed by atoms with Crippen LogP contribution in [-0.4, -0.2) is 20.9 Å². The molecular formula is C17H17BrN2O3S. The second-order valence-electron chi connectivity index (χ2n) is 5.09. The molecule has 24 heavy (non-hydrogen) atoms. The summed E-state index contributed by atoms with van der Waals surface area (Å²) in [6.45, 7) is 5.51. The molecule has 0 fully saturated rings. The quantitative estimate of drug-likeness (QED) is 0.718. The molecule has 0 aliphatic heterocycles. The molecule has 5 nitrogen and oxygen atoms in total. The Labute approximate surface area is 150 Å². The SMILES string of the molecule is C=CCNS(=O)(=O)c1cccc(C(=O)Nc2ccc(Br)c(C)c2)c1. The van der Waals surface area contributed by atoms with E-state index in [-0.39, 0.29) is 22.9 Å². The van der Waals surface area contributed by atoms with E-state index in [1.165, 1.54) is 24.3 Å². The smallest absolute Gasteiger partial charge is 0.255 e. The molecule has 2 rings (SSSR count). The van der Waals surface area contributed by atoms with E-state index in [0.29, 0.717) is 5.69 Å². The van der Waals surface area contributed by atoms with E-state index >= 15 is 0 Å². The van der Waals surface area contributed by atoms with E-state index in [1.807, 2.05) is 19.1 Å². The molecule has 2 aromatic rings. The number of nitrogens with one attached hydrogen (secondary N) is 2. The van der Waals surface area contributed by atoms with Crippen molar-refractivity contribution >= 4 is 37.5 Å². The van der Waals surface area contributed by atoms with Crippen LogP contribution in [0.25, 0.3) is 0 Å². The molecule has 0 saturated carbocycles. The van der Waals surface area contributed by atoms with Gasteiger partial charge in [0.05, 0.1) is 4.90 Å². The molecule has 0 atom stereocenters. The Bertz CT molecular complexity index is 879. The maximum absolute atomic E-state index is 12.3. The first-order chi connectivity index (χ1) is 11.3. The molecule has 0 aliphatic rings. The molecule has 0 radical (unpaired) electrons. The first kappa shape index (κ1) is 18.4. The van der Waals surface area contributed by atoms with Gasteiger partial charge in [-0.1, -0.05) is 28.1 Å². The highest BCUT2D eigenvalue weighted by Gasteiger charge is 2.15. The fourth-order valence-electron chi connectivity index (χ4n) is 1.98. The summed E-state index contributed by atoms with van der Waals surface area (Å²) < 4.78 is 27.5. The number of carbonyl (C=O) groups excluding carboxylic acids is 1. The first-order valence-corrected chi connectivity index (χ1v) is 9.39. The third-order valence-electron chi connectivity index (χ3n) is 3.24. The highest BCUT2D eigenvalue weighted by atomic mass is 79.9. The van der Waals surface area contributed by atoms with Gasteiger partial charge >= 0.3 is 0 Å². The lowest BCUT2D eigenvalue weighted by Gasteiger charge is -2.09. The predicted octanol–water partition coefficient (Wildman–Crippen LogP) is 3.47. The van der Waals surface area contributed by atoms with E-state index in [9.17, 15) is 13.2 Å². The second-order valence-corrected chi connectivity index (χ2v) is 7.71. The first-order valence-electron chi connectivity index (χ1n) is 7.11. The van der Waals surface area contributed by atoms with Crippen molar-refractivity contribution in [3.63, 3.8) is 0 Å². The molecule has 7 heteroatoms. The number of benzene rings is 2. The minimum Gasteiger partial charge on any atom is -0.322 e. The molecule has 1 amide bonds. The Balaban J connectivity index is 2.22. The zero-order chi connectivity index (χ0) is 17.7. The van der Waals surface area contributed by atoms with Gasteiger partial charge in [-0.3, -0.25) is 4.79 Å². The average Bonchev–Trinajstić information content (AvgIpc) is 2.56. The zero-order valence-electron chi connectivity index (χ0n) is 13.0. The Morgan fingerprint density at radius 2 is 2.00 bits per heavy atom. The van der Waals surface area contributed by atoms with E-state index in [4.69, 9.17) is 0 Å². The summed E-state index contributed by atoms with van der Waals surface area (Å²) in [5.41, 5.74) is 1.88. The number of aryl methyl sites for hydroxylation is 1. The molecular weight excluding hydrogens is 392 g/mol. The van der Waals surface area contributed by atoms with Crippen LogP contribution in [0.3, 0.4) is 0 Å². The van der Waals surface area contributed by atoms with Gasteiger partial charge in [0.25, 0.3) is 5.91 Å².